The Labute approximate surface area is 131 Å². The fraction of sp³-hybridized carbons (Fsp3) is 0.429. The number of nitrogens with zero attached hydrogens (tertiary/aromatic N) is 3. The predicted octanol–water partition coefficient (Wildman–Crippen LogP) is 2.98. The maximum Gasteiger partial charge on any atom is 0.259 e. The molecule has 1 unspecified atom stereocenters. The van der Waals surface area contributed by atoms with E-state index in [1.165, 1.54) is 12.1 Å². The lowest BCUT2D eigenvalue weighted by Crippen LogP contribution is -2.32. The van der Waals surface area contributed by atoms with Crippen LogP contribution in [0.2, 0.25) is 0 Å². The molecule has 0 aliphatic carbocycles. The van der Waals surface area contributed by atoms with E-state index in [1.54, 1.807) is 6.07 Å². The Kier molecular flexibility index (Phi) is 5.44. The van der Waals surface area contributed by atoms with Crippen molar-refractivity contribution >= 4 is 15.9 Å². The Hall–Kier alpha value is -1.31. The molecule has 2 rings (SSSR count). The molecule has 0 bridgehead atoms. The van der Waals surface area contributed by atoms with Crippen molar-refractivity contribution in [1.29, 1.82) is 0 Å². The van der Waals surface area contributed by atoms with Gasteiger partial charge in [0.05, 0.1) is 11.6 Å². The summed E-state index contributed by atoms with van der Waals surface area (Å²) in [7, 11) is 0. The second-order valence-electron chi connectivity index (χ2n) is 4.67. The van der Waals surface area contributed by atoms with Crippen molar-refractivity contribution in [2.24, 2.45) is 5.73 Å². The molecule has 0 aliphatic heterocycles. The average molecular weight is 357 g/mol. The fourth-order valence-electron chi connectivity index (χ4n) is 2.00. The number of aromatic nitrogens is 2. The molecular weight excluding hydrogens is 339 g/mol. The zero-order valence-electron chi connectivity index (χ0n) is 12.0. The monoisotopic (exact) mass is 356 g/mol. The molecule has 5 nitrogen and oxygen atoms in total. The van der Waals surface area contributed by atoms with Crippen molar-refractivity contribution in [3.8, 4) is 11.5 Å². The quantitative estimate of drug-likeness (QED) is 0.861. The molecule has 2 aromatic rings. The van der Waals surface area contributed by atoms with Gasteiger partial charge in [-0.15, -0.1) is 0 Å². The number of hydrogen-bond donors (Lipinski definition) is 1. The maximum atomic E-state index is 13.1. The maximum absolute atomic E-state index is 13.1. The minimum absolute atomic E-state index is 0.318. The van der Waals surface area contributed by atoms with Crippen LogP contribution < -0.4 is 5.73 Å². The zero-order valence-corrected chi connectivity index (χ0v) is 13.6. The highest BCUT2D eigenvalue weighted by Crippen LogP contribution is 2.28. The van der Waals surface area contributed by atoms with E-state index in [1.807, 2.05) is 0 Å². The van der Waals surface area contributed by atoms with E-state index < -0.39 is 0 Å². The summed E-state index contributed by atoms with van der Waals surface area (Å²) in [5, 5.41) is 3.93. The Morgan fingerprint density at radius 3 is 2.71 bits per heavy atom. The van der Waals surface area contributed by atoms with Gasteiger partial charge in [-0.05, 0) is 47.2 Å². The topological polar surface area (TPSA) is 68.2 Å². The SMILES string of the molecule is CCN(CC)CC(N)c1noc(-c2ccc(F)cc2Br)n1. The Bertz CT molecular complexity index is 600. The van der Waals surface area contributed by atoms with E-state index in [4.69, 9.17) is 10.3 Å². The van der Waals surface area contributed by atoms with Gasteiger partial charge in [-0.2, -0.15) is 4.98 Å². The van der Waals surface area contributed by atoms with Crippen LogP contribution in [0.4, 0.5) is 4.39 Å². The van der Waals surface area contributed by atoms with Crippen molar-refractivity contribution in [2.45, 2.75) is 19.9 Å². The second-order valence-corrected chi connectivity index (χ2v) is 5.53. The first-order valence-electron chi connectivity index (χ1n) is 6.82. The standard InChI is InChI=1S/C14H18BrFN4O/c1-3-20(4-2)8-12(17)13-18-14(21-19-13)10-6-5-9(16)7-11(10)15/h5-7,12H,3-4,8,17H2,1-2H3. The summed E-state index contributed by atoms with van der Waals surface area (Å²) in [6.07, 6.45) is 0. The highest BCUT2D eigenvalue weighted by atomic mass is 79.9. The molecule has 0 saturated carbocycles. The summed E-state index contributed by atoms with van der Waals surface area (Å²) in [5.41, 5.74) is 6.75. The minimum atomic E-state index is -0.330. The number of halogens is 2. The molecule has 7 heteroatoms. The third kappa shape index (κ3) is 3.87. The molecule has 2 N–H and O–H groups in total. The molecule has 21 heavy (non-hydrogen) atoms. The summed E-state index contributed by atoms with van der Waals surface area (Å²) in [4.78, 5) is 6.50. The van der Waals surface area contributed by atoms with E-state index in [0.717, 1.165) is 13.1 Å². The first-order chi connectivity index (χ1) is 10.0. The summed E-state index contributed by atoms with van der Waals surface area (Å²) in [6.45, 7) is 6.65. The lowest BCUT2D eigenvalue weighted by atomic mass is 10.2. The molecule has 1 heterocycles. The summed E-state index contributed by atoms with van der Waals surface area (Å²) in [6, 6.07) is 3.98. The molecule has 0 spiro atoms. The highest BCUT2D eigenvalue weighted by molar-refractivity contribution is 9.10. The third-order valence-corrected chi connectivity index (χ3v) is 3.94. The van der Waals surface area contributed by atoms with Gasteiger partial charge in [-0.25, -0.2) is 4.39 Å². The van der Waals surface area contributed by atoms with Gasteiger partial charge < -0.3 is 15.2 Å². The summed E-state index contributed by atoms with van der Waals surface area (Å²) in [5.74, 6) is 0.448. The van der Waals surface area contributed by atoms with Gasteiger partial charge in [0.25, 0.3) is 5.89 Å². The number of benzene rings is 1. The van der Waals surface area contributed by atoms with Crippen LogP contribution in [0.1, 0.15) is 25.7 Å². The molecule has 0 radical (unpaired) electrons. The Morgan fingerprint density at radius 1 is 1.38 bits per heavy atom. The van der Waals surface area contributed by atoms with E-state index >= 15 is 0 Å². The number of likely N-dealkylation sites (N-methyl/N-ethyl adjacent to an activating group) is 1. The molecule has 0 aliphatic rings. The number of hydrogen-bond acceptors (Lipinski definition) is 5. The van der Waals surface area contributed by atoms with Crippen LogP contribution in [0.3, 0.4) is 0 Å². The Balaban J connectivity index is 2.17. The smallest absolute Gasteiger partial charge is 0.259 e. The van der Waals surface area contributed by atoms with Crippen LogP contribution in [0.15, 0.2) is 27.2 Å². The highest BCUT2D eigenvalue weighted by Gasteiger charge is 2.18. The predicted molar refractivity (Wildman–Crippen MR) is 82.1 cm³/mol. The average Bonchev–Trinajstić information content (AvgIpc) is 2.94. The third-order valence-electron chi connectivity index (χ3n) is 3.28. The number of rotatable bonds is 6. The minimum Gasteiger partial charge on any atom is -0.334 e. The van der Waals surface area contributed by atoms with Crippen molar-refractivity contribution in [3.63, 3.8) is 0 Å². The first-order valence-corrected chi connectivity index (χ1v) is 7.61. The van der Waals surface area contributed by atoms with Gasteiger partial charge >= 0.3 is 0 Å². The lowest BCUT2D eigenvalue weighted by Gasteiger charge is -2.20. The van der Waals surface area contributed by atoms with E-state index in [2.05, 4.69) is 44.8 Å². The summed E-state index contributed by atoms with van der Waals surface area (Å²) < 4.78 is 18.9. The first kappa shape index (κ1) is 16.1. The number of nitrogens with two attached hydrogens (primary N) is 1. The van der Waals surface area contributed by atoms with Crippen molar-refractivity contribution in [3.05, 3.63) is 34.3 Å². The lowest BCUT2D eigenvalue weighted by molar-refractivity contribution is 0.278. The van der Waals surface area contributed by atoms with Gasteiger partial charge in [0.2, 0.25) is 0 Å². The zero-order chi connectivity index (χ0) is 15.4. The van der Waals surface area contributed by atoms with Crippen molar-refractivity contribution in [1.82, 2.24) is 15.0 Å². The van der Waals surface area contributed by atoms with Crippen LogP contribution in [-0.4, -0.2) is 34.7 Å². The van der Waals surface area contributed by atoms with Crippen LogP contribution in [0.5, 0.6) is 0 Å². The second kappa shape index (κ2) is 7.11. The van der Waals surface area contributed by atoms with E-state index in [-0.39, 0.29) is 11.9 Å². The van der Waals surface area contributed by atoms with Crippen LogP contribution in [-0.2, 0) is 0 Å². The van der Waals surface area contributed by atoms with Gasteiger partial charge in [0.1, 0.15) is 5.82 Å². The normalized spacial score (nSPS) is 12.9. The van der Waals surface area contributed by atoms with Gasteiger partial charge in [-0.1, -0.05) is 19.0 Å². The van der Waals surface area contributed by atoms with Crippen LogP contribution in [0, 0.1) is 5.82 Å². The van der Waals surface area contributed by atoms with Crippen LogP contribution in [0.25, 0.3) is 11.5 Å². The molecule has 0 fully saturated rings. The van der Waals surface area contributed by atoms with Crippen molar-refractivity contribution in [2.75, 3.05) is 19.6 Å². The molecular formula is C14H18BrFN4O. The Morgan fingerprint density at radius 2 is 2.10 bits per heavy atom. The summed E-state index contributed by atoms with van der Waals surface area (Å²) >= 11 is 3.29. The molecule has 1 aromatic heterocycles. The van der Waals surface area contributed by atoms with Gasteiger partial charge in [0.15, 0.2) is 5.82 Å². The van der Waals surface area contributed by atoms with Gasteiger partial charge in [-0.3, -0.25) is 0 Å². The molecule has 114 valence electrons. The molecule has 1 atom stereocenters. The van der Waals surface area contributed by atoms with E-state index in [9.17, 15) is 4.39 Å². The van der Waals surface area contributed by atoms with Gasteiger partial charge in [0, 0.05) is 11.0 Å². The van der Waals surface area contributed by atoms with E-state index in [0.29, 0.717) is 28.3 Å². The molecule has 0 amide bonds. The van der Waals surface area contributed by atoms with Crippen LogP contribution >= 0.6 is 15.9 Å². The molecule has 0 saturated heterocycles. The van der Waals surface area contributed by atoms with Crippen molar-refractivity contribution < 1.29 is 8.91 Å². The largest absolute Gasteiger partial charge is 0.334 e. The molecule has 1 aromatic carbocycles. The fourth-order valence-corrected chi connectivity index (χ4v) is 2.52.